The average Bonchev–Trinajstić information content (AvgIpc) is 4.11. The van der Waals surface area contributed by atoms with Crippen LogP contribution in [0.25, 0.3) is 179 Å². The van der Waals surface area contributed by atoms with Crippen LogP contribution in [0.1, 0.15) is 0 Å². The van der Waals surface area contributed by atoms with Gasteiger partial charge in [0, 0.05) is 28.6 Å². The Bertz CT molecular complexity index is 5210. The number of fused-ring (bicyclic) bond motifs is 12. The molecular weight excluding hydrogens is 1110 g/mol. The number of benzene rings is 12. The van der Waals surface area contributed by atoms with Gasteiger partial charge in [-0.2, -0.15) is 0 Å². The Morgan fingerprint density at radius 3 is 1.00 bits per heavy atom. The van der Waals surface area contributed by atoms with Crippen molar-refractivity contribution < 1.29 is 0 Å². The molecule has 0 aliphatic rings. The predicted octanol–water partition coefficient (Wildman–Crippen LogP) is 25.2. The molecule has 0 radical (unpaired) electrons. The number of rotatable bonds is 8. The van der Waals surface area contributed by atoms with Crippen LogP contribution in [0.15, 0.2) is 253 Å². The van der Waals surface area contributed by atoms with E-state index in [1.54, 1.807) is 0 Å². The van der Waals surface area contributed by atoms with Gasteiger partial charge in [0.1, 0.15) is 0 Å². The number of hydrogen-bond donors (Lipinski definition) is 0. The monoisotopic (exact) mass is 1150 g/mol. The van der Waals surface area contributed by atoms with Gasteiger partial charge in [-0.15, -0.1) is 68.0 Å². The lowest BCUT2D eigenvalue weighted by atomic mass is 9.75. The van der Waals surface area contributed by atoms with Crippen LogP contribution in [0.3, 0.4) is 0 Å². The van der Waals surface area contributed by atoms with Crippen LogP contribution in [-0.2, 0) is 0 Å². The van der Waals surface area contributed by atoms with Gasteiger partial charge < -0.3 is 0 Å². The predicted molar refractivity (Wildman–Crippen MR) is 366 cm³/mol. The molecule has 0 N–H and O–H groups in total. The summed E-state index contributed by atoms with van der Waals surface area (Å²) in [5.74, 6) is 0. The first kappa shape index (κ1) is 47.1. The molecule has 0 amide bonds. The maximum absolute atomic E-state index is 2.50. The van der Waals surface area contributed by atoms with Gasteiger partial charge in [-0.25, -0.2) is 0 Å². The van der Waals surface area contributed by atoms with Crippen LogP contribution >= 0.6 is 68.0 Å². The molecule has 0 atom stereocenters. The molecule has 0 saturated heterocycles. The molecule has 382 valence electrons. The zero-order chi connectivity index (χ0) is 53.6. The molecule has 0 bridgehead atoms. The first-order valence-electron chi connectivity index (χ1n) is 27.6. The second-order valence-corrected chi connectivity index (χ2v) is 27.4. The molecule has 82 heavy (non-hydrogen) atoms. The van der Waals surface area contributed by atoms with Gasteiger partial charge >= 0.3 is 0 Å². The molecule has 0 unspecified atom stereocenters. The standard InChI is InChI=1S/C76H42S6/c1-5-17-43(18-6-1)55-39-57-51-29-15-31-53-69(51)70-52(58(57)40-56(55)44-19-7-2-8-20-44)30-16-32-54(70)72-66(46-23-11-4-12-24-46)68(50-28-14-26-48(38-50)62-42-64-76(82-62)74-60(80-64)34-36-78-74)67(65(71(53)72)45-21-9-3-10-22-45)49-27-13-25-47(37-49)61-41-63-75(81-61)73-59(79-63)33-35-77-73/h1-42H. The van der Waals surface area contributed by atoms with Crippen molar-refractivity contribution in [3.8, 4) is 87.6 Å². The Balaban J connectivity index is 1.03. The zero-order valence-electron chi connectivity index (χ0n) is 43.7. The van der Waals surface area contributed by atoms with Crippen molar-refractivity contribution in [2.75, 3.05) is 0 Å². The zero-order valence-corrected chi connectivity index (χ0v) is 48.6. The van der Waals surface area contributed by atoms with E-state index >= 15 is 0 Å². The fourth-order valence-electron chi connectivity index (χ4n) is 13.4. The average molecular weight is 1150 g/mol. The third kappa shape index (κ3) is 7.10. The summed E-state index contributed by atoms with van der Waals surface area (Å²) in [5, 5.41) is 17.2. The van der Waals surface area contributed by atoms with Crippen molar-refractivity contribution in [3.05, 3.63) is 253 Å². The Kier molecular flexibility index (Phi) is 10.6. The summed E-state index contributed by atoms with van der Waals surface area (Å²) in [7, 11) is 0. The lowest BCUT2D eigenvalue weighted by Gasteiger charge is -2.28. The number of thiophene rings is 6. The third-order valence-corrected chi connectivity index (χ3v) is 24.1. The fourth-order valence-corrected chi connectivity index (χ4v) is 20.9. The SMILES string of the molecule is c1ccc(-c2cc3c(cc2-c2ccccc2)c2cccc4c5c(-c6ccccc6)c(-c6cccc(-c7cc8sc9ccsc9c8s7)c6)c(-c6cccc(-c7cc8sc9ccsc9c8s7)c6)c(-c6ccccc6)c5c5cccc3c5c24)cc1. The van der Waals surface area contributed by atoms with Crippen LogP contribution < -0.4 is 0 Å². The molecule has 18 aromatic rings. The second-order valence-electron chi connectivity index (χ2n) is 21.3. The van der Waals surface area contributed by atoms with E-state index in [9.17, 15) is 0 Å². The Labute approximate surface area is 496 Å². The maximum atomic E-state index is 2.50. The highest BCUT2D eigenvalue weighted by molar-refractivity contribution is 7.39. The van der Waals surface area contributed by atoms with E-state index < -0.39 is 0 Å². The Morgan fingerprint density at radius 1 is 0.207 bits per heavy atom. The summed E-state index contributed by atoms with van der Waals surface area (Å²) in [6.45, 7) is 0. The Morgan fingerprint density at radius 2 is 0.573 bits per heavy atom. The molecular formula is C76H42S6. The van der Waals surface area contributed by atoms with Gasteiger partial charge in [-0.3, -0.25) is 0 Å². The normalized spacial score (nSPS) is 12.1. The molecule has 18 rings (SSSR count). The van der Waals surface area contributed by atoms with E-state index in [-0.39, 0.29) is 0 Å². The second kappa shape index (κ2) is 18.5. The molecule has 6 heterocycles. The van der Waals surface area contributed by atoms with Crippen molar-refractivity contribution >= 4 is 159 Å². The summed E-state index contributed by atoms with van der Waals surface area (Å²) in [6, 6.07) is 92.3. The molecule has 6 aromatic heterocycles. The van der Waals surface area contributed by atoms with Crippen LogP contribution in [0.4, 0.5) is 0 Å². The maximum Gasteiger partial charge on any atom is 0.0635 e. The van der Waals surface area contributed by atoms with Crippen LogP contribution in [0, 0.1) is 0 Å². The van der Waals surface area contributed by atoms with Crippen LogP contribution in [-0.4, -0.2) is 0 Å². The number of hydrogen-bond acceptors (Lipinski definition) is 6. The smallest absolute Gasteiger partial charge is 0.0635 e. The molecule has 12 aromatic carbocycles. The summed E-state index contributed by atoms with van der Waals surface area (Å²) in [6.07, 6.45) is 0. The van der Waals surface area contributed by atoms with Gasteiger partial charge in [-0.05, 0) is 191 Å². The van der Waals surface area contributed by atoms with Gasteiger partial charge in [0.25, 0.3) is 0 Å². The van der Waals surface area contributed by atoms with Gasteiger partial charge in [0.05, 0.1) is 18.8 Å². The van der Waals surface area contributed by atoms with Crippen molar-refractivity contribution in [1.82, 2.24) is 0 Å². The minimum Gasteiger partial charge on any atom is -0.141 e. The van der Waals surface area contributed by atoms with Crippen molar-refractivity contribution in [2.45, 2.75) is 0 Å². The molecule has 0 spiro atoms. The van der Waals surface area contributed by atoms with E-state index in [2.05, 4.69) is 253 Å². The minimum absolute atomic E-state index is 1.19. The van der Waals surface area contributed by atoms with Gasteiger partial charge in [0.15, 0.2) is 0 Å². The first-order chi connectivity index (χ1) is 40.7. The summed E-state index contributed by atoms with van der Waals surface area (Å²) in [4.78, 5) is 2.59. The van der Waals surface area contributed by atoms with Crippen LogP contribution in [0.2, 0.25) is 0 Å². The lowest BCUT2D eigenvalue weighted by Crippen LogP contribution is -2.00. The molecule has 0 saturated carbocycles. The Hall–Kier alpha value is -8.56. The van der Waals surface area contributed by atoms with E-state index in [1.807, 2.05) is 68.0 Å². The highest BCUT2D eigenvalue weighted by atomic mass is 32.1. The molecule has 0 aliphatic carbocycles. The van der Waals surface area contributed by atoms with E-state index in [1.165, 1.54) is 179 Å². The molecule has 0 fully saturated rings. The molecule has 6 heteroatoms. The summed E-state index contributed by atoms with van der Waals surface area (Å²) < 4.78 is 11.1. The van der Waals surface area contributed by atoms with Gasteiger partial charge in [0.2, 0.25) is 0 Å². The highest BCUT2D eigenvalue weighted by Crippen LogP contribution is 2.58. The minimum atomic E-state index is 1.19. The quantitative estimate of drug-likeness (QED) is 0.105. The van der Waals surface area contributed by atoms with Crippen LogP contribution in [0.5, 0.6) is 0 Å². The van der Waals surface area contributed by atoms with Crippen molar-refractivity contribution in [1.29, 1.82) is 0 Å². The molecule has 0 aliphatic heterocycles. The largest absolute Gasteiger partial charge is 0.141 e. The topological polar surface area (TPSA) is 0 Å². The van der Waals surface area contributed by atoms with Crippen molar-refractivity contribution in [2.24, 2.45) is 0 Å². The van der Waals surface area contributed by atoms with E-state index in [4.69, 9.17) is 0 Å². The summed E-state index contributed by atoms with van der Waals surface area (Å²) >= 11 is 11.4. The van der Waals surface area contributed by atoms with Gasteiger partial charge in [-0.1, -0.05) is 194 Å². The van der Waals surface area contributed by atoms with Crippen molar-refractivity contribution in [3.63, 3.8) is 0 Å². The first-order valence-corrected chi connectivity index (χ1v) is 32.6. The lowest BCUT2D eigenvalue weighted by molar-refractivity contribution is 1.57. The van der Waals surface area contributed by atoms with E-state index in [0.717, 1.165) is 0 Å². The summed E-state index contributed by atoms with van der Waals surface area (Å²) in [5.41, 5.74) is 17.1. The molecule has 0 nitrogen and oxygen atoms in total. The fraction of sp³-hybridized carbons (Fsp3) is 0. The van der Waals surface area contributed by atoms with E-state index in [0.29, 0.717) is 0 Å². The highest BCUT2D eigenvalue weighted by Gasteiger charge is 2.30. The third-order valence-electron chi connectivity index (χ3n) is 16.8.